The standard InChI is InChI=1S/C13H7BrINO/c14-10-7-9(8-16)5-6-12(10)17-13-4-2-1-3-11(13)15/h1-7H. The molecule has 84 valence electrons. The molecule has 2 rings (SSSR count). The molecule has 0 aromatic heterocycles. The molecular formula is C13H7BrINO. The van der Waals surface area contributed by atoms with Gasteiger partial charge in [-0.25, -0.2) is 0 Å². The van der Waals surface area contributed by atoms with Crippen molar-refractivity contribution in [2.75, 3.05) is 0 Å². The van der Waals surface area contributed by atoms with E-state index >= 15 is 0 Å². The summed E-state index contributed by atoms with van der Waals surface area (Å²) in [6.45, 7) is 0. The van der Waals surface area contributed by atoms with Crippen LogP contribution in [-0.2, 0) is 0 Å². The molecule has 0 fully saturated rings. The van der Waals surface area contributed by atoms with Crippen molar-refractivity contribution in [3.8, 4) is 17.6 Å². The second kappa shape index (κ2) is 5.52. The molecule has 0 atom stereocenters. The quantitative estimate of drug-likeness (QED) is 0.684. The van der Waals surface area contributed by atoms with Gasteiger partial charge < -0.3 is 4.74 Å². The molecule has 0 saturated heterocycles. The van der Waals surface area contributed by atoms with Crippen LogP contribution in [0.3, 0.4) is 0 Å². The number of hydrogen-bond acceptors (Lipinski definition) is 2. The van der Waals surface area contributed by atoms with E-state index in [1.807, 2.05) is 24.3 Å². The molecule has 0 aliphatic heterocycles. The van der Waals surface area contributed by atoms with E-state index in [-0.39, 0.29) is 0 Å². The van der Waals surface area contributed by atoms with Crippen LogP contribution >= 0.6 is 38.5 Å². The maximum atomic E-state index is 8.77. The van der Waals surface area contributed by atoms with Crippen LogP contribution in [-0.4, -0.2) is 0 Å². The molecule has 0 saturated carbocycles. The third-order valence-electron chi connectivity index (χ3n) is 2.12. The molecule has 2 aromatic carbocycles. The lowest BCUT2D eigenvalue weighted by molar-refractivity contribution is 0.476. The summed E-state index contributed by atoms with van der Waals surface area (Å²) < 4.78 is 7.59. The Kier molecular flexibility index (Phi) is 4.02. The maximum Gasteiger partial charge on any atom is 0.141 e. The van der Waals surface area contributed by atoms with E-state index < -0.39 is 0 Å². The highest BCUT2D eigenvalue weighted by atomic mass is 127. The van der Waals surface area contributed by atoms with E-state index in [0.717, 1.165) is 13.8 Å². The maximum absolute atomic E-state index is 8.77. The molecule has 0 radical (unpaired) electrons. The predicted octanol–water partition coefficient (Wildman–Crippen LogP) is 4.72. The molecule has 4 heteroatoms. The van der Waals surface area contributed by atoms with Gasteiger partial charge in [0.05, 0.1) is 19.7 Å². The Morgan fingerprint density at radius 2 is 1.88 bits per heavy atom. The largest absolute Gasteiger partial charge is 0.455 e. The monoisotopic (exact) mass is 399 g/mol. The highest BCUT2D eigenvalue weighted by Crippen LogP contribution is 2.32. The molecule has 17 heavy (non-hydrogen) atoms. The smallest absolute Gasteiger partial charge is 0.141 e. The van der Waals surface area contributed by atoms with Gasteiger partial charge in [-0.1, -0.05) is 12.1 Å². The van der Waals surface area contributed by atoms with Crippen molar-refractivity contribution in [1.82, 2.24) is 0 Å². The zero-order valence-electron chi connectivity index (χ0n) is 8.65. The molecule has 0 bridgehead atoms. The van der Waals surface area contributed by atoms with E-state index in [1.54, 1.807) is 18.2 Å². The predicted molar refractivity (Wildman–Crippen MR) is 78.1 cm³/mol. The van der Waals surface area contributed by atoms with Crippen molar-refractivity contribution < 1.29 is 4.74 Å². The van der Waals surface area contributed by atoms with Crippen molar-refractivity contribution >= 4 is 38.5 Å². The summed E-state index contributed by atoms with van der Waals surface area (Å²) in [5.41, 5.74) is 0.604. The minimum atomic E-state index is 0.604. The Labute approximate surface area is 121 Å². The number of rotatable bonds is 2. The molecule has 0 heterocycles. The summed E-state index contributed by atoms with van der Waals surface area (Å²) in [5, 5.41) is 8.77. The number of nitrogens with zero attached hydrogens (tertiary/aromatic N) is 1. The average Bonchev–Trinajstić information content (AvgIpc) is 2.34. The van der Waals surface area contributed by atoms with Gasteiger partial charge in [0.15, 0.2) is 0 Å². The van der Waals surface area contributed by atoms with E-state index in [1.165, 1.54) is 0 Å². The lowest BCUT2D eigenvalue weighted by Gasteiger charge is -2.09. The Morgan fingerprint density at radius 3 is 2.53 bits per heavy atom. The van der Waals surface area contributed by atoms with Crippen LogP contribution in [0.25, 0.3) is 0 Å². The Bertz CT molecular complexity index is 592. The van der Waals surface area contributed by atoms with Crippen LogP contribution in [0.4, 0.5) is 0 Å². The minimum Gasteiger partial charge on any atom is -0.455 e. The van der Waals surface area contributed by atoms with E-state index in [9.17, 15) is 0 Å². The average molecular weight is 400 g/mol. The van der Waals surface area contributed by atoms with Crippen LogP contribution in [0.15, 0.2) is 46.9 Å². The molecule has 2 aromatic rings. The fourth-order valence-electron chi connectivity index (χ4n) is 1.30. The van der Waals surface area contributed by atoms with Crippen LogP contribution < -0.4 is 4.74 Å². The van der Waals surface area contributed by atoms with Crippen molar-refractivity contribution in [2.45, 2.75) is 0 Å². The van der Waals surface area contributed by atoms with Crippen molar-refractivity contribution in [1.29, 1.82) is 5.26 Å². The van der Waals surface area contributed by atoms with Gasteiger partial charge in [-0.2, -0.15) is 5.26 Å². The van der Waals surface area contributed by atoms with Gasteiger partial charge in [0, 0.05) is 0 Å². The summed E-state index contributed by atoms with van der Waals surface area (Å²) in [6.07, 6.45) is 0. The van der Waals surface area contributed by atoms with Crippen LogP contribution in [0.2, 0.25) is 0 Å². The second-order valence-electron chi connectivity index (χ2n) is 3.29. The Hall–Kier alpha value is -1.06. The Morgan fingerprint density at radius 1 is 1.12 bits per heavy atom. The number of nitriles is 1. The summed E-state index contributed by atoms with van der Waals surface area (Å²) in [6, 6.07) is 15.1. The van der Waals surface area contributed by atoms with E-state index in [0.29, 0.717) is 11.3 Å². The third-order valence-corrected chi connectivity index (χ3v) is 3.63. The van der Waals surface area contributed by atoms with Crippen molar-refractivity contribution in [3.63, 3.8) is 0 Å². The van der Waals surface area contributed by atoms with Gasteiger partial charge in [0.1, 0.15) is 11.5 Å². The summed E-state index contributed by atoms with van der Waals surface area (Å²) in [4.78, 5) is 0. The highest BCUT2D eigenvalue weighted by molar-refractivity contribution is 14.1. The van der Waals surface area contributed by atoms with Crippen LogP contribution in [0.5, 0.6) is 11.5 Å². The lowest BCUT2D eigenvalue weighted by Crippen LogP contribution is -1.88. The first kappa shape index (κ1) is 12.4. The minimum absolute atomic E-state index is 0.604. The van der Waals surface area contributed by atoms with Gasteiger partial charge in [-0.3, -0.25) is 0 Å². The van der Waals surface area contributed by atoms with E-state index in [2.05, 4.69) is 44.6 Å². The fraction of sp³-hybridized carbons (Fsp3) is 0. The zero-order valence-corrected chi connectivity index (χ0v) is 12.4. The summed E-state index contributed by atoms with van der Waals surface area (Å²) in [7, 11) is 0. The number of benzene rings is 2. The van der Waals surface area contributed by atoms with E-state index in [4.69, 9.17) is 10.00 Å². The molecule has 0 unspecified atom stereocenters. The first-order valence-electron chi connectivity index (χ1n) is 4.83. The first-order valence-corrected chi connectivity index (χ1v) is 6.70. The third kappa shape index (κ3) is 2.99. The normalized spacial score (nSPS) is 9.71. The van der Waals surface area contributed by atoms with Crippen LogP contribution in [0.1, 0.15) is 5.56 Å². The lowest BCUT2D eigenvalue weighted by atomic mass is 10.2. The van der Waals surface area contributed by atoms with Gasteiger partial charge in [0.2, 0.25) is 0 Å². The highest BCUT2D eigenvalue weighted by Gasteiger charge is 2.06. The first-order chi connectivity index (χ1) is 8.20. The molecule has 0 aliphatic carbocycles. The van der Waals surface area contributed by atoms with Gasteiger partial charge in [0.25, 0.3) is 0 Å². The SMILES string of the molecule is N#Cc1ccc(Oc2ccccc2I)c(Br)c1. The number of hydrogen-bond donors (Lipinski definition) is 0. The zero-order chi connectivity index (χ0) is 12.3. The van der Waals surface area contributed by atoms with Gasteiger partial charge in [-0.05, 0) is 68.9 Å². The second-order valence-corrected chi connectivity index (χ2v) is 5.31. The molecule has 2 nitrogen and oxygen atoms in total. The summed E-state index contributed by atoms with van der Waals surface area (Å²) >= 11 is 5.61. The Balaban J connectivity index is 2.32. The summed E-state index contributed by atoms with van der Waals surface area (Å²) in [5.74, 6) is 1.51. The topological polar surface area (TPSA) is 33.0 Å². The van der Waals surface area contributed by atoms with Crippen molar-refractivity contribution in [3.05, 3.63) is 56.1 Å². The van der Waals surface area contributed by atoms with Gasteiger partial charge >= 0.3 is 0 Å². The van der Waals surface area contributed by atoms with Crippen LogP contribution in [0, 0.1) is 14.9 Å². The molecular weight excluding hydrogens is 393 g/mol. The molecule has 0 spiro atoms. The molecule has 0 amide bonds. The fourth-order valence-corrected chi connectivity index (χ4v) is 2.26. The van der Waals surface area contributed by atoms with Gasteiger partial charge in [-0.15, -0.1) is 0 Å². The number of ether oxygens (including phenoxy) is 1. The van der Waals surface area contributed by atoms with Crippen molar-refractivity contribution in [2.24, 2.45) is 0 Å². The molecule has 0 aliphatic rings. The number of halogens is 2. The number of para-hydroxylation sites is 1. The molecule has 0 N–H and O–H groups in total.